The van der Waals surface area contributed by atoms with E-state index >= 15 is 0 Å². The highest BCUT2D eigenvalue weighted by molar-refractivity contribution is 6.06. The van der Waals surface area contributed by atoms with E-state index in [-0.39, 0.29) is 17.8 Å². The summed E-state index contributed by atoms with van der Waals surface area (Å²) in [7, 11) is 1.56. The number of benzene rings is 2. The van der Waals surface area contributed by atoms with Gasteiger partial charge in [-0.15, -0.1) is 0 Å². The molecule has 1 amide bonds. The zero-order valence-corrected chi connectivity index (χ0v) is 20.8. The molecule has 10 heteroatoms. The Bertz CT molecular complexity index is 1200. The monoisotopic (exact) mass is 490 g/mol. The number of ether oxygens (including phenoxy) is 1. The van der Waals surface area contributed by atoms with Gasteiger partial charge in [0.1, 0.15) is 5.75 Å². The predicted molar refractivity (Wildman–Crippen MR) is 144 cm³/mol. The third-order valence-corrected chi connectivity index (χ3v) is 6.78. The van der Waals surface area contributed by atoms with Crippen molar-refractivity contribution >= 4 is 34.8 Å². The topological polar surface area (TPSA) is 148 Å². The first-order chi connectivity index (χ1) is 17.3. The molecule has 0 aliphatic carbocycles. The lowest BCUT2D eigenvalue weighted by atomic mass is 9.97. The maximum atomic E-state index is 13.1. The number of hydrogen-bond donors (Lipinski definition) is 5. The molecule has 190 valence electrons. The lowest BCUT2D eigenvalue weighted by Gasteiger charge is -2.37. The van der Waals surface area contributed by atoms with Gasteiger partial charge in [0.15, 0.2) is 11.9 Å². The van der Waals surface area contributed by atoms with E-state index in [2.05, 4.69) is 16.3 Å². The number of amides is 1. The van der Waals surface area contributed by atoms with E-state index in [9.17, 15) is 4.79 Å². The lowest BCUT2D eigenvalue weighted by molar-refractivity contribution is 0.102. The van der Waals surface area contributed by atoms with Crippen molar-refractivity contribution in [2.45, 2.75) is 13.3 Å². The molecule has 2 aliphatic heterocycles. The van der Waals surface area contributed by atoms with Crippen LogP contribution in [-0.2, 0) is 0 Å². The Hall–Kier alpha value is -4.21. The van der Waals surface area contributed by atoms with E-state index in [1.165, 1.54) is 0 Å². The summed E-state index contributed by atoms with van der Waals surface area (Å²) >= 11 is 0. The SMILES string of the molecule is COc1cc(C2=CCN(C(=N)N)CC2)ccc1C(=O)Nc1ccc(N2CCN(C(=N)N)CC2)c(C)c1. The molecular weight excluding hydrogens is 456 g/mol. The van der Waals surface area contributed by atoms with Crippen LogP contribution in [0.3, 0.4) is 0 Å². The fraction of sp³-hybridized carbons (Fsp3) is 0.346. The molecule has 2 aliphatic rings. The van der Waals surface area contributed by atoms with Gasteiger partial charge in [0, 0.05) is 50.6 Å². The molecule has 36 heavy (non-hydrogen) atoms. The Balaban J connectivity index is 1.44. The number of methoxy groups -OCH3 is 1. The summed E-state index contributed by atoms with van der Waals surface area (Å²) in [6, 6.07) is 11.5. The first kappa shape index (κ1) is 24.9. The summed E-state index contributed by atoms with van der Waals surface area (Å²) in [6.45, 7) is 6.33. The minimum atomic E-state index is -0.235. The van der Waals surface area contributed by atoms with Gasteiger partial charge in [-0.2, -0.15) is 0 Å². The lowest BCUT2D eigenvalue weighted by Crippen LogP contribution is -2.51. The highest BCUT2D eigenvalue weighted by Gasteiger charge is 2.20. The third-order valence-electron chi connectivity index (χ3n) is 6.78. The van der Waals surface area contributed by atoms with E-state index in [1.807, 2.05) is 47.1 Å². The first-order valence-electron chi connectivity index (χ1n) is 12.0. The van der Waals surface area contributed by atoms with Gasteiger partial charge in [-0.05, 0) is 60.4 Å². The van der Waals surface area contributed by atoms with Crippen molar-refractivity contribution in [2.24, 2.45) is 11.5 Å². The Morgan fingerprint density at radius 2 is 1.69 bits per heavy atom. The van der Waals surface area contributed by atoms with Crippen LogP contribution in [0, 0.1) is 17.7 Å². The molecule has 10 nitrogen and oxygen atoms in total. The molecule has 0 aromatic heterocycles. The predicted octanol–water partition coefficient (Wildman–Crippen LogP) is 2.25. The van der Waals surface area contributed by atoms with Crippen LogP contribution < -0.4 is 26.4 Å². The van der Waals surface area contributed by atoms with Crippen LogP contribution in [0.4, 0.5) is 11.4 Å². The summed E-state index contributed by atoms with van der Waals surface area (Å²) in [4.78, 5) is 19.0. The van der Waals surface area contributed by atoms with Crippen LogP contribution >= 0.6 is 0 Å². The van der Waals surface area contributed by atoms with Crippen LogP contribution in [-0.4, -0.2) is 74.0 Å². The fourth-order valence-corrected chi connectivity index (χ4v) is 4.70. The number of guanidine groups is 2. The first-order valence-corrected chi connectivity index (χ1v) is 12.0. The molecule has 0 saturated carbocycles. The number of carbonyl (C=O) groups excluding carboxylic acids is 1. The van der Waals surface area contributed by atoms with Gasteiger partial charge in [-0.1, -0.05) is 12.1 Å². The van der Waals surface area contributed by atoms with Gasteiger partial charge in [0.2, 0.25) is 0 Å². The number of nitrogens with one attached hydrogen (secondary N) is 3. The molecule has 0 spiro atoms. The second-order valence-electron chi connectivity index (χ2n) is 9.04. The largest absolute Gasteiger partial charge is 0.496 e. The maximum absolute atomic E-state index is 13.1. The maximum Gasteiger partial charge on any atom is 0.259 e. The van der Waals surface area contributed by atoms with Crippen molar-refractivity contribution in [1.29, 1.82) is 10.8 Å². The molecule has 1 fully saturated rings. The molecule has 0 unspecified atom stereocenters. The van der Waals surface area contributed by atoms with Crippen molar-refractivity contribution in [2.75, 3.05) is 56.6 Å². The molecule has 0 bridgehead atoms. The van der Waals surface area contributed by atoms with Crippen molar-refractivity contribution in [3.8, 4) is 5.75 Å². The number of carbonyl (C=O) groups is 1. The molecule has 2 aromatic rings. The van der Waals surface area contributed by atoms with E-state index in [4.69, 9.17) is 27.0 Å². The standard InChI is InChI=1S/C26H34N8O2/c1-17-15-20(4-6-22(17)32-11-13-34(14-12-32)26(29)30)31-24(35)21-5-3-19(16-23(21)36-2)18-7-9-33(10-8-18)25(27)28/h3-7,15-16H,8-14H2,1-2H3,(H3,27,28)(H3,29,30)(H,31,35). The van der Waals surface area contributed by atoms with Crippen LogP contribution in [0.15, 0.2) is 42.5 Å². The summed E-state index contributed by atoms with van der Waals surface area (Å²) in [6.07, 6.45) is 2.83. The van der Waals surface area contributed by atoms with Crippen LogP contribution in [0.1, 0.15) is 27.9 Å². The van der Waals surface area contributed by atoms with Crippen molar-refractivity contribution in [3.63, 3.8) is 0 Å². The molecule has 2 aromatic carbocycles. The summed E-state index contributed by atoms with van der Waals surface area (Å²) < 4.78 is 5.56. The highest BCUT2D eigenvalue weighted by Crippen LogP contribution is 2.30. The van der Waals surface area contributed by atoms with Crippen LogP contribution in [0.5, 0.6) is 5.75 Å². The summed E-state index contributed by atoms with van der Waals surface area (Å²) in [5, 5.41) is 18.2. The van der Waals surface area contributed by atoms with Gasteiger partial charge in [0.25, 0.3) is 5.91 Å². The molecule has 0 radical (unpaired) electrons. The molecule has 1 saturated heterocycles. The Kier molecular flexibility index (Phi) is 7.33. The average molecular weight is 491 g/mol. The minimum absolute atomic E-state index is 0.0775. The number of piperazine rings is 1. The molecule has 0 atom stereocenters. The van der Waals surface area contributed by atoms with Gasteiger partial charge in [0.05, 0.1) is 12.7 Å². The van der Waals surface area contributed by atoms with Crippen LogP contribution in [0.2, 0.25) is 0 Å². The van der Waals surface area contributed by atoms with Gasteiger partial charge in [-0.25, -0.2) is 0 Å². The quantitative estimate of drug-likeness (QED) is 0.319. The van der Waals surface area contributed by atoms with Crippen molar-refractivity contribution < 1.29 is 9.53 Å². The average Bonchev–Trinajstić information content (AvgIpc) is 2.88. The normalized spacial score (nSPS) is 15.8. The van der Waals surface area contributed by atoms with E-state index in [0.29, 0.717) is 30.1 Å². The second kappa shape index (κ2) is 10.6. The van der Waals surface area contributed by atoms with Crippen LogP contribution in [0.25, 0.3) is 5.57 Å². The number of anilines is 2. The number of rotatable bonds is 5. The Morgan fingerprint density at radius 1 is 0.972 bits per heavy atom. The summed E-state index contributed by atoms with van der Waals surface area (Å²) in [5.74, 6) is 0.467. The number of nitrogens with two attached hydrogens (primary N) is 2. The third kappa shape index (κ3) is 5.37. The molecule has 7 N–H and O–H groups in total. The van der Waals surface area contributed by atoms with Gasteiger partial charge in [-0.3, -0.25) is 15.6 Å². The highest BCUT2D eigenvalue weighted by atomic mass is 16.5. The smallest absolute Gasteiger partial charge is 0.259 e. The zero-order chi connectivity index (χ0) is 25.8. The van der Waals surface area contributed by atoms with Gasteiger partial charge >= 0.3 is 0 Å². The zero-order valence-electron chi connectivity index (χ0n) is 20.8. The number of nitrogens with zero attached hydrogens (tertiary/aromatic N) is 3. The van der Waals surface area contributed by atoms with Crippen molar-refractivity contribution in [3.05, 3.63) is 59.2 Å². The number of aryl methyl sites for hydroxylation is 1. The molecular formula is C26H34N8O2. The van der Waals surface area contributed by atoms with E-state index < -0.39 is 0 Å². The molecule has 4 rings (SSSR count). The Morgan fingerprint density at radius 3 is 2.28 bits per heavy atom. The minimum Gasteiger partial charge on any atom is -0.496 e. The second-order valence-corrected chi connectivity index (χ2v) is 9.04. The fourth-order valence-electron chi connectivity index (χ4n) is 4.70. The van der Waals surface area contributed by atoms with E-state index in [1.54, 1.807) is 13.2 Å². The van der Waals surface area contributed by atoms with Gasteiger partial charge < -0.3 is 36.2 Å². The van der Waals surface area contributed by atoms with E-state index in [0.717, 1.165) is 55.0 Å². The number of hydrogen-bond acceptors (Lipinski definition) is 5. The molecule has 2 heterocycles. The van der Waals surface area contributed by atoms with Crippen molar-refractivity contribution in [1.82, 2.24) is 9.80 Å². The summed E-state index contributed by atoms with van der Waals surface area (Å²) in [5.41, 5.74) is 16.7. The Labute approximate surface area is 211 Å².